The lowest BCUT2D eigenvalue weighted by Gasteiger charge is -2.08. The number of rotatable bonds is 2. The van der Waals surface area contributed by atoms with Gasteiger partial charge in [0.05, 0.1) is 6.10 Å². The molecule has 0 heterocycles. The average molecular weight is 226 g/mol. The molecule has 1 aliphatic carbocycles. The molecule has 0 aliphatic heterocycles. The quantitative estimate of drug-likeness (QED) is 0.849. The first kappa shape index (κ1) is 10.4. The third-order valence-corrected chi connectivity index (χ3v) is 3.14. The van der Waals surface area contributed by atoms with Crippen molar-refractivity contribution in [3.05, 3.63) is 59.7 Å². The van der Waals surface area contributed by atoms with E-state index in [0.717, 1.165) is 29.9 Å². The number of aryl methyl sites for hydroxylation is 1. The molecule has 86 valence electrons. The van der Waals surface area contributed by atoms with Crippen molar-refractivity contribution in [1.82, 2.24) is 0 Å². The first-order valence-electron chi connectivity index (χ1n) is 5.87. The Morgan fingerprint density at radius 3 is 2.65 bits per heavy atom. The number of para-hydroxylation sites is 1. The number of hydrogen-bond acceptors (Lipinski definition) is 2. The Hall–Kier alpha value is -1.80. The summed E-state index contributed by atoms with van der Waals surface area (Å²) < 4.78 is 5.76. The molecule has 0 fully saturated rings. The van der Waals surface area contributed by atoms with Crippen molar-refractivity contribution in [3.63, 3.8) is 0 Å². The molecule has 1 unspecified atom stereocenters. The van der Waals surface area contributed by atoms with E-state index in [1.807, 2.05) is 48.5 Å². The van der Waals surface area contributed by atoms with Crippen molar-refractivity contribution < 1.29 is 9.84 Å². The Labute approximate surface area is 100 Å². The Morgan fingerprint density at radius 1 is 1.00 bits per heavy atom. The fourth-order valence-corrected chi connectivity index (χ4v) is 2.26. The van der Waals surface area contributed by atoms with Gasteiger partial charge in [-0.15, -0.1) is 0 Å². The van der Waals surface area contributed by atoms with E-state index in [-0.39, 0.29) is 6.10 Å². The molecule has 0 saturated heterocycles. The van der Waals surface area contributed by atoms with Crippen LogP contribution in [-0.4, -0.2) is 5.11 Å². The first-order valence-corrected chi connectivity index (χ1v) is 5.87. The zero-order valence-electron chi connectivity index (χ0n) is 9.47. The van der Waals surface area contributed by atoms with Gasteiger partial charge in [-0.25, -0.2) is 0 Å². The zero-order chi connectivity index (χ0) is 11.7. The summed E-state index contributed by atoms with van der Waals surface area (Å²) in [6.07, 6.45) is 1.46. The van der Waals surface area contributed by atoms with E-state index in [1.54, 1.807) is 0 Å². The molecule has 0 radical (unpaired) electrons. The standard InChI is InChI=1S/C15H14O2/c16-15-9-6-11-10-13(7-8-14(11)15)17-12-4-2-1-3-5-12/h1-5,7-8,10,15-16H,6,9H2. The van der Waals surface area contributed by atoms with Gasteiger partial charge in [0.15, 0.2) is 0 Å². The highest BCUT2D eigenvalue weighted by Crippen LogP contribution is 2.34. The normalized spacial score (nSPS) is 17.8. The summed E-state index contributed by atoms with van der Waals surface area (Å²) in [7, 11) is 0. The van der Waals surface area contributed by atoms with Crippen LogP contribution >= 0.6 is 0 Å². The number of hydrogen-bond donors (Lipinski definition) is 1. The third kappa shape index (κ3) is 2.04. The van der Waals surface area contributed by atoms with Gasteiger partial charge in [-0.05, 0) is 48.2 Å². The summed E-state index contributed by atoms with van der Waals surface area (Å²) in [4.78, 5) is 0. The molecule has 2 nitrogen and oxygen atoms in total. The van der Waals surface area contributed by atoms with Crippen molar-refractivity contribution in [3.8, 4) is 11.5 Å². The van der Waals surface area contributed by atoms with Crippen LogP contribution in [0.25, 0.3) is 0 Å². The van der Waals surface area contributed by atoms with Crippen LogP contribution in [0.2, 0.25) is 0 Å². The minimum absolute atomic E-state index is 0.296. The minimum Gasteiger partial charge on any atom is -0.457 e. The molecule has 2 aromatic rings. The fraction of sp³-hybridized carbons (Fsp3) is 0.200. The van der Waals surface area contributed by atoms with E-state index >= 15 is 0 Å². The molecule has 2 heteroatoms. The van der Waals surface area contributed by atoms with Crippen LogP contribution in [0.1, 0.15) is 23.7 Å². The van der Waals surface area contributed by atoms with Crippen molar-refractivity contribution in [1.29, 1.82) is 0 Å². The SMILES string of the molecule is OC1CCc2cc(Oc3ccccc3)ccc21. The van der Waals surface area contributed by atoms with Gasteiger partial charge in [-0.2, -0.15) is 0 Å². The van der Waals surface area contributed by atoms with Crippen molar-refractivity contribution in [2.24, 2.45) is 0 Å². The highest BCUT2D eigenvalue weighted by atomic mass is 16.5. The summed E-state index contributed by atoms with van der Waals surface area (Å²) in [6.45, 7) is 0. The number of benzene rings is 2. The Bertz CT molecular complexity index is 520. The molecule has 1 atom stereocenters. The maximum Gasteiger partial charge on any atom is 0.127 e. The van der Waals surface area contributed by atoms with Gasteiger partial charge < -0.3 is 9.84 Å². The second kappa shape index (κ2) is 4.22. The Balaban J connectivity index is 1.86. The Kier molecular flexibility index (Phi) is 2.57. The summed E-state index contributed by atoms with van der Waals surface area (Å²) >= 11 is 0. The largest absolute Gasteiger partial charge is 0.457 e. The molecule has 3 rings (SSSR count). The van der Waals surface area contributed by atoms with Crippen LogP contribution < -0.4 is 4.74 Å². The van der Waals surface area contributed by atoms with E-state index in [1.165, 1.54) is 5.56 Å². The molecular weight excluding hydrogens is 212 g/mol. The second-order valence-electron chi connectivity index (χ2n) is 4.33. The summed E-state index contributed by atoms with van der Waals surface area (Å²) in [6, 6.07) is 15.6. The smallest absolute Gasteiger partial charge is 0.127 e. The van der Waals surface area contributed by atoms with Crippen LogP contribution in [0.4, 0.5) is 0 Å². The van der Waals surface area contributed by atoms with Gasteiger partial charge in [-0.1, -0.05) is 24.3 Å². The van der Waals surface area contributed by atoms with Crippen LogP contribution in [0.3, 0.4) is 0 Å². The number of aliphatic hydroxyl groups is 1. The summed E-state index contributed by atoms with van der Waals surface area (Å²) in [5.74, 6) is 1.68. The lowest BCUT2D eigenvalue weighted by molar-refractivity contribution is 0.180. The highest BCUT2D eigenvalue weighted by Gasteiger charge is 2.20. The molecule has 0 aromatic heterocycles. The molecule has 2 aromatic carbocycles. The van der Waals surface area contributed by atoms with Crippen molar-refractivity contribution in [2.75, 3.05) is 0 Å². The first-order chi connectivity index (χ1) is 8.33. The molecular formula is C15H14O2. The van der Waals surface area contributed by atoms with Crippen molar-refractivity contribution >= 4 is 0 Å². The average Bonchev–Trinajstić information content (AvgIpc) is 2.72. The third-order valence-electron chi connectivity index (χ3n) is 3.14. The maximum atomic E-state index is 9.72. The molecule has 0 spiro atoms. The molecule has 0 saturated carbocycles. The van der Waals surface area contributed by atoms with Crippen molar-refractivity contribution in [2.45, 2.75) is 18.9 Å². The monoisotopic (exact) mass is 226 g/mol. The van der Waals surface area contributed by atoms with Gasteiger partial charge in [0.25, 0.3) is 0 Å². The van der Waals surface area contributed by atoms with Gasteiger partial charge in [0.2, 0.25) is 0 Å². The second-order valence-corrected chi connectivity index (χ2v) is 4.33. The van der Waals surface area contributed by atoms with Gasteiger partial charge in [-0.3, -0.25) is 0 Å². The summed E-state index contributed by atoms with van der Waals surface area (Å²) in [5, 5.41) is 9.72. The van der Waals surface area contributed by atoms with Crippen LogP contribution in [0.5, 0.6) is 11.5 Å². The van der Waals surface area contributed by atoms with E-state index in [9.17, 15) is 5.11 Å². The Morgan fingerprint density at radius 2 is 1.82 bits per heavy atom. The predicted molar refractivity (Wildman–Crippen MR) is 66.2 cm³/mol. The molecule has 17 heavy (non-hydrogen) atoms. The van der Waals surface area contributed by atoms with Crippen LogP contribution in [0, 0.1) is 0 Å². The fourth-order valence-electron chi connectivity index (χ4n) is 2.26. The zero-order valence-corrected chi connectivity index (χ0v) is 9.47. The van der Waals surface area contributed by atoms with Gasteiger partial charge in [0.1, 0.15) is 11.5 Å². The van der Waals surface area contributed by atoms with E-state index in [4.69, 9.17) is 4.74 Å². The lowest BCUT2D eigenvalue weighted by Crippen LogP contribution is -1.90. The van der Waals surface area contributed by atoms with E-state index < -0.39 is 0 Å². The van der Waals surface area contributed by atoms with Gasteiger partial charge >= 0.3 is 0 Å². The van der Waals surface area contributed by atoms with E-state index in [0.29, 0.717) is 0 Å². The van der Waals surface area contributed by atoms with Crippen LogP contribution in [0.15, 0.2) is 48.5 Å². The van der Waals surface area contributed by atoms with Gasteiger partial charge in [0, 0.05) is 0 Å². The lowest BCUT2D eigenvalue weighted by atomic mass is 10.1. The number of aliphatic hydroxyl groups excluding tert-OH is 1. The molecule has 1 N–H and O–H groups in total. The molecule has 0 bridgehead atoms. The number of fused-ring (bicyclic) bond motifs is 1. The molecule has 1 aliphatic rings. The summed E-state index contributed by atoms with van der Waals surface area (Å²) in [5.41, 5.74) is 2.25. The van der Waals surface area contributed by atoms with Crippen LogP contribution in [-0.2, 0) is 6.42 Å². The topological polar surface area (TPSA) is 29.5 Å². The highest BCUT2D eigenvalue weighted by molar-refractivity contribution is 5.41. The van der Waals surface area contributed by atoms with E-state index in [2.05, 4.69) is 0 Å². The number of ether oxygens (including phenoxy) is 1. The maximum absolute atomic E-state index is 9.72. The molecule has 0 amide bonds. The predicted octanol–water partition coefficient (Wildman–Crippen LogP) is 3.46. The minimum atomic E-state index is -0.296.